The van der Waals surface area contributed by atoms with Crippen LogP contribution in [0.2, 0.25) is 0 Å². The van der Waals surface area contributed by atoms with Crippen molar-refractivity contribution < 1.29 is 9.90 Å². The molecule has 0 bridgehead atoms. The minimum atomic E-state index is -0.289. The summed E-state index contributed by atoms with van der Waals surface area (Å²) in [6.07, 6.45) is 3.94. The van der Waals surface area contributed by atoms with Gasteiger partial charge in [-0.15, -0.1) is 0 Å². The van der Waals surface area contributed by atoms with Crippen molar-refractivity contribution in [3.63, 3.8) is 0 Å². The number of hydrogen-bond acceptors (Lipinski definition) is 3. The Kier molecular flexibility index (Phi) is 6.80. The van der Waals surface area contributed by atoms with E-state index in [4.69, 9.17) is 0 Å². The van der Waals surface area contributed by atoms with Crippen LogP contribution < -0.4 is 5.32 Å². The minimum absolute atomic E-state index is 0.110. The van der Waals surface area contributed by atoms with Gasteiger partial charge in [0, 0.05) is 12.1 Å². The zero-order valence-corrected chi connectivity index (χ0v) is 12.9. The van der Waals surface area contributed by atoms with Crippen LogP contribution in [0.25, 0.3) is 0 Å². The van der Waals surface area contributed by atoms with Crippen molar-refractivity contribution in [2.45, 2.75) is 71.6 Å². The summed E-state index contributed by atoms with van der Waals surface area (Å²) in [6, 6.07) is 0.571. The van der Waals surface area contributed by atoms with Crippen molar-refractivity contribution in [1.29, 1.82) is 0 Å². The average molecular weight is 270 g/mol. The average Bonchev–Trinajstić information content (AvgIpc) is 2.30. The van der Waals surface area contributed by atoms with Gasteiger partial charge in [0.15, 0.2) is 0 Å². The molecule has 19 heavy (non-hydrogen) atoms. The molecule has 0 spiro atoms. The SMILES string of the molecule is CC(O)CC1CCCCN1CC(=O)NC(C)C(C)C. The lowest BCUT2D eigenvalue weighted by Gasteiger charge is -2.36. The van der Waals surface area contributed by atoms with Gasteiger partial charge >= 0.3 is 0 Å². The van der Waals surface area contributed by atoms with Crippen LogP contribution in [-0.4, -0.2) is 47.2 Å². The van der Waals surface area contributed by atoms with Crippen molar-refractivity contribution in [2.75, 3.05) is 13.1 Å². The van der Waals surface area contributed by atoms with Crippen LogP contribution in [0.15, 0.2) is 0 Å². The molecule has 3 atom stereocenters. The summed E-state index contributed by atoms with van der Waals surface area (Å²) >= 11 is 0. The van der Waals surface area contributed by atoms with Crippen LogP contribution in [0.5, 0.6) is 0 Å². The summed E-state index contributed by atoms with van der Waals surface area (Å²) in [5.41, 5.74) is 0. The second kappa shape index (κ2) is 7.85. The first-order valence-corrected chi connectivity index (χ1v) is 7.61. The lowest BCUT2D eigenvalue weighted by molar-refractivity contribution is -0.124. The van der Waals surface area contributed by atoms with Crippen LogP contribution >= 0.6 is 0 Å². The molecule has 0 radical (unpaired) electrons. The third-order valence-corrected chi connectivity index (χ3v) is 4.10. The number of carbonyl (C=O) groups excluding carboxylic acids is 1. The van der Waals surface area contributed by atoms with E-state index in [0.717, 1.165) is 25.8 Å². The highest BCUT2D eigenvalue weighted by molar-refractivity contribution is 5.78. The van der Waals surface area contributed by atoms with Gasteiger partial charge in [0.25, 0.3) is 0 Å². The number of carbonyl (C=O) groups is 1. The Bertz CT molecular complexity index is 279. The van der Waals surface area contributed by atoms with Gasteiger partial charge in [-0.05, 0) is 45.6 Å². The predicted octanol–water partition coefficient (Wildman–Crippen LogP) is 1.77. The Hall–Kier alpha value is -0.610. The molecule has 1 fully saturated rings. The highest BCUT2D eigenvalue weighted by Gasteiger charge is 2.25. The van der Waals surface area contributed by atoms with Crippen LogP contribution in [0.3, 0.4) is 0 Å². The Morgan fingerprint density at radius 3 is 2.58 bits per heavy atom. The molecule has 0 aliphatic carbocycles. The van der Waals surface area contributed by atoms with Crippen LogP contribution in [0.4, 0.5) is 0 Å². The molecular formula is C15H30N2O2. The normalized spacial score (nSPS) is 24.2. The van der Waals surface area contributed by atoms with Crippen molar-refractivity contribution in [3.05, 3.63) is 0 Å². The molecule has 1 aliphatic rings. The number of likely N-dealkylation sites (tertiary alicyclic amines) is 1. The number of amides is 1. The smallest absolute Gasteiger partial charge is 0.234 e. The monoisotopic (exact) mass is 270 g/mol. The topological polar surface area (TPSA) is 52.6 Å². The zero-order chi connectivity index (χ0) is 14.4. The second-order valence-electron chi connectivity index (χ2n) is 6.31. The number of hydrogen-bond donors (Lipinski definition) is 2. The van der Waals surface area contributed by atoms with E-state index < -0.39 is 0 Å². The Morgan fingerprint density at radius 1 is 1.32 bits per heavy atom. The maximum Gasteiger partial charge on any atom is 0.234 e. The fraction of sp³-hybridized carbons (Fsp3) is 0.933. The van der Waals surface area contributed by atoms with Gasteiger partial charge in [0.1, 0.15) is 0 Å². The first kappa shape index (κ1) is 16.4. The molecule has 1 saturated heterocycles. The van der Waals surface area contributed by atoms with Gasteiger partial charge in [-0.1, -0.05) is 20.3 Å². The molecule has 1 rings (SSSR count). The highest BCUT2D eigenvalue weighted by Crippen LogP contribution is 2.20. The minimum Gasteiger partial charge on any atom is -0.393 e. The van der Waals surface area contributed by atoms with E-state index in [1.165, 1.54) is 6.42 Å². The van der Waals surface area contributed by atoms with Crippen LogP contribution in [0, 0.1) is 5.92 Å². The molecule has 2 N–H and O–H groups in total. The summed E-state index contributed by atoms with van der Waals surface area (Å²) in [4.78, 5) is 14.3. The second-order valence-corrected chi connectivity index (χ2v) is 6.31. The Morgan fingerprint density at radius 2 is 2.00 bits per heavy atom. The van der Waals surface area contributed by atoms with E-state index in [9.17, 15) is 9.90 Å². The third kappa shape index (κ3) is 5.91. The number of piperidine rings is 1. The van der Waals surface area contributed by atoms with Gasteiger partial charge in [0.05, 0.1) is 12.6 Å². The number of nitrogens with zero attached hydrogens (tertiary/aromatic N) is 1. The zero-order valence-electron chi connectivity index (χ0n) is 12.9. The molecule has 1 heterocycles. The van der Waals surface area contributed by atoms with Crippen LogP contribution in [0.1, 0.15) is 53.4 Å². The Balaban J connectivity index is 2.45. The fourth-order valence-corrected chi connectivity index (χ4v) is 2.58. The fourth-order valence-electron chi connectivity index (χ4n) is 2.58. The molecule has 0 saturated carbocycles. The predicted molar refractivity (Wildman–Crippen MR) is 78.0 cm³/mol. The quantitative estimate of drug-likeness (QED) is 0.773. The lowest BCUT2D eigenvalue weighted by atomic mass is 9.97. The van der Waals surface area contributed by atoms with Crippen molar-refractivity contribution in [2.24, 2.45) is 5.92 Å². The molecule has 1 amide bonds. The van der Waals surface area contributed by atoms with Gasteiger partial charge in [0.2, 0.25) is 5.91 Å². The summed E-state index contributed by atoms with van der Waals surface area (Å²) in [5, 5.41) is 12.6. The van der Waals surface area contributed by atoms with E-state index in [-0.39, 0.29) is 18.1 Å². The standard InChI is InChI=1S/C15H30N2O2/c1-11(2)13(4)16-15(19)10-17-8-6-5-7-14(17)9-12(3)18/h11-14,18H,5-10H2,1-4H3,(H,16,19). The molecule has 112 valence electrons. The maximum atomic E-state index is 12.0. The molecule has 0 aromatic carbocycles. The number of aliphatic hydroxyl groups excluding tert-OH is 1. The maximum absolute atomic E-state index is 12.0. The van der Waals surface area contributed by atoms with Gasteiger partial charge in [-0.3, -0.25) is 9.69 Å². The molecule has 4 heteroatoms. The van der Waals surface area contributed by atoms with Crippen LogP contribution in [-0.2, 0) is 4.79 Å². The molecule has 3 unspecified atom stereocenters. The van der Waals surface area contributed by atoms with Gasteiger partial charge < -0.3 is 10.4 Å². The van der Waals surface area contributed by atoms with E-state index in [0.29, 0.717) is 18.5 Å². The third-order valence-electron chi connectivity index (χ3n) is 4.10. The number of nitrogens with one attached hydrogen (secondary N) is 1. The summed E-state index contributed by atoms with van der Waals surface area (Å²) in [5.74, 6) is 0.567. The van der Waals surface area contributed by atoms with Gasteiger partial charge in [-0.2, -0.15) is 0 Å². The molecule has 0 aromatic heterocycles. The Labute approximate surface area is 117 Å². The van der Waals surface area contributed by atoms with Crippen molar-refractivity contribution in [3.8, 4) is 0 Å². The van der Waals surface area contributed by atoms with Crippen molar-refractivity contribution >= 4 is 5.91 Å². The van der Waals surface area contributed by atoms with E-state index >= 15 is 0 Å². The molecule has 1 aliphatic heterocycles. The first-order chi connectivity index (χ1) is 8.90. The lowest BCUT2D eigenvalue weighted by Crippen LogP contribution is -2.48. The van der Waals surface area contributed by atoms with Crippen molar-refractivity contribution in [1.82, 2.24) is 10.2 Å². The summed E-state index contributed by atoms with van der Waals surface area (Å²) in [6.45, 7) is 9.54. The molecule has 0 aromatic rings. The first-order valence-electron chi connectivity index (χ1n) is 7.61. The van der Waals surface area contributed by atoms with E-state index in [1.54, 1.807) is 0 Å². The van der Waals surface area contributed by atoms with E-state index in [2.05, 4.69) is 24.1 Å². The molecule has 4 nitrogen and oxygen atoms in total. The molecular weight excluding hydrogens is 240 g/mol. The summed E-state index contributed by atoms with van der Waals surface area (Å²) < 4.78 is 0. The summed E-state index contributed by atoms with van der Waals surface area (Å²) in [7, 11) is 0. The van der Waals surface area contributed by atoms with Gasteiger partial charge in [-0.25, -0.2) is 0 Å². The number of rotatable bonds is 6. The number of aliphatic hydroxyl groups is 1. The van der Waals surface area contributed by atoms with E-state index in [1.807, 2.05) is 13.8 Å². The largest absolute Gasteiger partial charge is 0.393 e. The highest BCUT2D eigenvalue weighted by atomic mass is 16.3.